The molecule has 0 aromatic rings. The van der Waals surface area contributed by atoms with Crippen molar-refractivity contribution >= 4 is 0 Å². The van der Waals surface area contributed by atoms with E-state index in [-0.39, 0.29) is 0 Å². The van der Waals surface area contributed by atoms with Gasteiger partial charge in [-0.05, 0) is 12.8 Å². The van der Waals surface area contributed by atoms with Crippen LogP contribution in [-0.2, 0) is 0 Å². The van der Waals surface area contributed by atoms with Crippen molar-refractivity contribution in [2.24, 2.45) is 0 Å². The molecule has 80 valence electrons. The molecule has 0 aliphatic carbocycles. The van der Waals surface area contributed by atoms with E-state index in [1.807, 2.05) is 6.92 Å². The molecule has 2 N–H and O–H groups in total. The molecule has 0 aliphatic rings. The Kier molecular flexibility index (Phi) is 8.46. The Morgan fingerprint density at radius 1 is 0.846 bits per heavy atom. The summed E-state index contributed by atoms with van der Waals surface area (Å²) in [6, 6.07) is 0. The molecule has 0 saturated carbocycles. The normalized spacial score (nSPS) is 15.7. The summed E-state index contributed by atoms with van der Waals surface area (Å²) in [6.07, 6.45) is 6.38. The van der Waals surface area contributed by atoms with Gasteiger partial charge in [0.05, 0.1) is 12.2 Å². The van der Waals surface area contributed by atoms with E-state index < -0.39 is 12.2 Å². The molecule has 13 heavy (non-hydrogen) atoms. The minimum atomic E-state index is -0.522. The van der Waals surface area contributed by atoms with Crippen LogP contribution in [0.3, 0.4) is 0 Å². The Hall–Kier alpha value is -0.0800. The van der Waals surface area contributed by atoms with Crippen molar-refractivity contribution in [2.75, 3.05) is 0 Å². The maximum Gasteiger partial charge on any atom is 0.0799 e. The lowest BCUT2D eigenvalue weighted by Crippen LogP contribution is -2.24. The molecule has 0 aromatic carbocycles. The summed E-state index contributed by atoms with van der Waals surface area (Å²) in [5.74, 6) is 0. The van der Waals surface area contributed by atoms with Gasteiger partial charge in [0.2, 0.25) is 0 Å². The summed E-state index contributed by atoms with van der Waals surface area (Å²) < 4.78 is 0. The lowest BCUT2D eigenvalue weighted by atomic mass is 10.0. The average molecular weight is 188 g/mol. The van der Waals surface area contributed by atoms with Gasteiger partial charge < -0.3 is 10.2 Å². The van der Waals surface area contributed by atoms with Crippen LogP contribution in [0.5, 0.6) is 0 Å². The monoisotopic (exact) mass is 188 g/mol. The van der Waals surface area contributed by atoms with Gasteiger partial charge >= 0.3 is 0 Å². The maximum absolute atomic E-state index is 9.42. The second-order valence-electron chi connectivity index (χ2n) is 3.75. The summed E-state index contributed by atoms with van der Waals surface area (Å²) in [7, 11) is 0. The van der Waals surface area contributed by atoms with Crippen molar-refractivity contribution in [3.8, 4) is 0 Å². The highest BCUT2D eigenvalue weighted by Crippen LogP contribution is 2.10. The summed E-state index contributed by atoms with van der Waals surface area (Å²) >= 11 is 0. The first-order valence-corrected chi connectivity index (χ1v) is 5.58. The molecule has 0 bridgehead atoms. The first kappa shape index (κ1) is 12.9. The molecule has 0 heterocycles. The SMILES string of the molecule is CCCCCCCC(O)C(O)CC. The fraction of sp³-hybridized carbons (Fsp3) is 1.00. The maximum atomic E-state index is 9.42. The number of aliphatic hydroxyl groups is 2. The van der Waals surface area contributed by atoms with Crippen LogP contribution in [0.1, 0.15) is 58.8 Å². The van der Waals surface area contributed by atoms with Crippen LogP contribution in [0.25, 0.3) is 0 Å². The molecule has 0 saturated heterocycles. The van der Waals surface area contributed by atoms with Crippen molar-refractivity contribution in [2.45, 2.75) is 71.0 Å². The Morgan fingerprint density at radius 2 is 1.46 bits per heavy atom. The Labute approximate surface area is 82.0 Å². The van der Waals surface area contributed by atoms with Crippen molar-refractivity contribution in [1.29, 1.82) is 0 Å². The number of unbranched alkanes of at least 4 members (excludes halogenated alkanes) is 4. The predicted molar refractivity (Wildman–Crippen MR) is 55.7 cm³/mol. The van der Waals surface area contributed by atoms with E-state index in [0.29, 0.717) is 6.42 Å². The summed E-state index contributed by atoms with van der Waals surface area (Å²) in [5, 5.41) is 18.7. The van der Waals surface area contributed by atoms with Gasteiger partial charge in [-0.2, -0.15) is 0 Å². The molecule has 2 unspecified atom stereocenters. The van der Waals surface area contributed by atoms with E-state index in [1.165, 1.54) is 25.7 Å². The highest BCUT2D eigenvalue weighted by molar-refractivity contribution is 4.64. The van der Waals surface area contributed by atoms with Crippen molar-refractivity contribution in [3.63, 3.8) is 0 Å². The van der Waals surface area contributed by atoms with Gasteiger partial charge in [-0.3, -0.25) is 0 Å². The molecular weight excluding hydrogens is 164 g/mol. The Morgan fingerprint density at radius 3 is 2.00 bits per heavy atom. The highest BCUT2D eigenvalue weighted by Gasteiger charge is 2.12. The van der Waals surface area contributed by atoms with Crippen LogP contribution in [-0.4, -0.2) is 22.4 Å². The second kappa shape index (κ2) is 8.52. The molecule has 0 aromatic heterocycles. The minimum Gasteiger partial charge on any atom is -0.390 e. The number of rotatable bonds is 8. The summed E-state index contributed by atoms with van der Waals surface area (Å²) in [4.78, 5) is 0. The quantitative estimate of drug-likeness (QED) is 0.574. The number of aliphatic hydroxyl groups excluding tert-OH is 2. The van der Waals surface area contributed by atoms with Crippen molar-refractivity contribution < 1.29 is 10.2 Å². The fourth-order valence-electron chi connectivity index (χ4n) is 1.42. The van der Waals surface area contributed by atoms with Crippen molar-refractivity contribution in [1.82, 2.24) is 0 Å². The lowest BCUT2D eigenvalue weighted by molar-refractivity contribution is 0.0114. The predicted octanol–water partition coefficient (Wildman–Crippen LogP) is 2.48. The smallest absolute Gasteiger partial charge is 0.0799 e. The van der Waals surface area contributed by atoms with E-state index in [2.05, 4.69) is 6.92 Å². The van der Waals surface area contributed by atoms with Crippen LogP contribution in [0.15, 0.2) is 0 Å². The zero-order chi connectivity index (χ0) is 10.1. The van der Waals surface area contributed by atoms with Gasteiger partial charge in [-0.15, -0.1) is 0 Å². The standard InChI is InChI=1S/C11H24O2/c1-3-5-6-7-8-9-11(13)10(12)4-2/h10-13H,3-9H2,1-2H3. The molecule has 0 radical (unpaired) electrons. The lowest BCUT2D eigenvalue weighted by Gasteiger charge is -2.15. The minimum absolute atomic E-state index is 0.508. The van der Waals surface area contributed by atoms with Crippen LogP contribution >= 0.6 is 0 Å². The van der Waals surface area contributed by atoms with Gasteiger partial charge in [0, 0.05) is 0 Å². The van der Waals surface area contributed by atoms with Crippen molar-refractivity contribution in [3.05, 3.63) is 0 Å². The Balaban J connectivity index is 3.21. The molecule has 2 atom stereocenters. The van der Waals surface area contributed by atoms with Gasteiger partial charge in [0.15, 0.2) is 0 Å². The zero-order valence-electron chi connectivity index (χ0n) is 9.00. The van der Waals surface area contributed by atoms with Crippen LogP contribution in [0.4, 0.5) is 0 Å². The first-order valence-electron chi connectivity index (χ1n) is 5.58. The third-order valence-electron chi connectivity index (χ3n) is 2.47. The van der Waals surface area contributed by atoms with E-state index >= 15 is 0 Å². The molecule has 2 nitrogen and oxygen atoms in total. The second-order valence-corrected chi connectivity index (χ2v) is 3.75. The van der Waals surface area contributed by atoms with Gasteiger partial charge in [0.25, 0.3) is 0 Å². The Bertz CT molecular complexity index is 104. The molecule has 0 amide bonds. The number of hydrogen-bond acceptors (Lipinski definition) is 2. The average Bonchev–Trinajstić information content (AvgIpc) is 2.16. The molecule has 0 spiro atoms. The molecule has 0 fully saturated rings. The van der Waals surface area contributed by atoms with Gasteiger partial charge in [0.1, 0.15) is 0 Å². The highest BCUT2D eigenvalue weighted by atomic mass is 16.3. The molecule has 0 aliphatic heterocycles. The zero-order valence-corrected chi connectivity index (χ0v) is 9.00. The van der Waals surface area contributed by atoms with E-state index in [9.17, 15) is 10.2 Å². The van der Waals surface area contributed by atoms with Crippen LogP contribution in [0.2, 0.25) is 0 Å². The van der Waals surface area contributed by atoms with E-state index in [4.69, 9.17) is 0 Å². The van der Waals surface area contributed by atoms with Crippen LogP contribution < -0.4 is 0 Å². The van der Waals surface area contributed by atoms with E-state index in [1.54, 1.807) is 0 Å². The molecule has 0 rings (SSSR count). The number of hydrogen-bond donors (Lipinski definition) is 2. The fourth-order valence-corrected chi connectivity index (χ4v) is 1.42. The summed E-state index contributed by atoms with van der Waals surface area (Å²) in [6.45, 7) is 4.08. The largest absolute Gasteiger partial charge is 0.390 e. The van der Waals surface area contributed by atoms with E-state index in [0.717, 1.165) is 12.8 Å². The topological polar surface area (TPSA) is 40.5 Å². The first-order chi connectivity index (χ1) is 6.22. The van der Waals surface area contributed by atoms with Gasteiger partial charge in [-0.25, -0.2) is 0 Å². The molecule has 2 heteroatoms. The van der Waals surface area contributed by atoms with Gasteiger partial charge in [-0.1, -0.05) is 46.0 Å². The third kappa shape index (κ3) is 7.03. The third-order valence-corrected chi connectivity index (χ3v) is 2.47. The van der Waals surface area contributed by atoms with Crippen LogP contribution in [0, 0.1) is 0 Å². The summed E-state index contributed by atoms with van der Waals surface area (Å²) in [5.41, 5.74) is 0. The molecular formula is C11H24O2.